The van der Waals surface area contributed by atoms with E-state index in [0.29, 0.717) is 44.0 Å². The Labute approximate surface area is 141 Å². The molecule has 1 atom stereocenters. The molecule has 1 aromatic rings. The van der Waals surface area contributed by atoms with Gasteiger partial charge in [-0.1, -0.05) is 0 Å². The molecule has 130 valence electrons. The molecule has 7 heteroatoms. The highest BCUT2D eigenvalue weighted by Crippen LogP contribution is 2.41. The van der Waals surface area contributed by atoms with Crippen molar-refractivity contribution in [1.82, 2.24) is 14.8 Å². The molecule has 2 saturated heterocycles. The van der Waals surface area contributed by atoms with Gasteiger partial charge in [0.05, 0.1) is 24.7 Å². The highest BCUT2D eigenvalue weighted by atomic mass is 16.5. The van der Waals surface area contributed by atoms with Crippen LogP contribution >= 0.6 is 0 Å². The highest BCUT2D eigenvalue weighted by molar-refractivity contribution is 5.97. The second kappa shape index (κ2) is 6.76. The van der Waals surface area contributed by atoms with Gasteiger partial charge in [-0.05, 0) is 18.9 Å². The molecular formula is C17H23N3O4. The number of aromatic nitrogens is 1. The maximum Gasteiger partial charge on any atom is 0.259 e. The Hall–Kier alpha value is -2.15. The van der Waals surface area contributed by atoms with Crippen LogP contribution in [0.4, 0.5) is 0 Å². The summed E-state index contributed by atoms with van der Waals surface area (Å²) in [4.78, 5) is 33.2. The van der Waals surface area contributed by atoms with Gasteiger partial charge in [-0.3, -0.25) is 14.6 Å². The van der Waals surface area contributed by atoms with Gasteiger partial charge >= 0.3 is 0 Å². The van der Waals surface area contributed by atoms with Crippen LogP contribution in [0.15, 0.2) is 18.5 Å². The summed E-state index contributed by atoms with van der Waals surface area (Å²) in [6.45, 7) is 2.94. The van der Waals surface area contributed by atoms with E-state index in [4.69, 9.17) is 9.47 Å². The van der Waals surface area contributed by atoms with Crippen molar-refractivity contribution in [3.05, 3.63) is 24.0 Å². The minimum absolute atomic E-state index is 0.125. The van der Waals surface area contributed by atoms with Gasteiger partial charge in [0.15, 0.2) is 0 Å². The van der Waals surface area contributed by atoms with Crippen LogP contribution in [0.3, 0.4) is 0 Å². The first kappa shape index (κ1) is 16.7. The lowest BCUT2D eigenvalue weighted by Crippen LogP contribution is -2.39. The fraction of sp³-hybridized carbons (Fsp3) is 0.588. The van der Waals surface area contributed by atoms with E-state index >= 15 is 0 Å². The molecule has 2 amide bonds. The summed E-state index contributed by atoms with van der Waals surface area (Å²) in [5, 5.41) is 0. The van der Waals surface area contributed by atoms with E-state index < -0.39 is 5.41 Å². The zero-order chi connectivity index (χ0) is 17.2. The zero-order valence-electron chi connectivity index (χ0n) is 14.2. The van der Waals surface area contributed by atoms with Crippen LogP contribution < -0.4 is 4.74 Å². The fourth-order valence-electron chi connectivity index (χ4n) is 3.62. The van der Waals surface area contributed by atoms with Crippen LogP contribution in [0.1, 0.15) is 23.2 Å². The van der Waals surface area contributed by atoms with Crippen LogP contribution in [0.25, 0.3) is 0 Å². The number of carbonyl (C=O) groups excluding carboxylic acids is 2. The molecule has 2 aliphatic heterocycles. The molecule has 0 aromatic carbocycles. The minimum atomic E-state index is -0.432. The Kier molecular flexibility index (Phi) is 4.71. The Morgan fingerprint density at radius 3 is 2.88 bits per heavy atom. The van der Waals surface area contributed by atoms with E-state index in [0.717, 1.165) is 13.0 Å². The lowest BCUT2D eigenvalue weighted by molar-refractivity contribution is -0.135. The molecule has 0 saturated carbocycles. The summed E-state index contributed by atoms with van der Waals surface area (Å²) in [7, 11) is 3.17. The third-order valence-electron chi connectivity index (χ3n) is 5.04. The number of likely N-dealkylation sites (tertiary alicyclic amines) is 2. The smallest absolute Gasteiger partial charge is 0.259 e. The molecule has 2 fully saturated rings. The van der Waals surface area contributed by atoms with E-state index in [2.05, 4.69) is 4.98 Å². The predicted octanol–water partition coefficient (Wildman–Crippen LogP) is 0.801. The van der Waals surface area contributed by atoms with Gasteiger partial charge in [-0.25, -0.2) is 0 Å². The summed E-state index contributed by atoms with van der Waals surface area (Å²) in [6.07, 6.45) is 4.62. The monoisotopic (exact) mass is 333 g/mol. The van der Waals surface area contributed by atoms with Crippen molar-refractivity contribution < 1.29 is 19.1 Å². The normalized spacial score (nSPS) is 23.3. The van der Waals surface area contributed by atoms with Crippen molar-refractivity contribution in [2.24, 2.45) is 5.41 Å². The molecule has 0 N–H and O–H groups in total. The van der Waals surface area contributed by atoms with Crippen LogP contribution in [0, 0.1) is 5.41 Å². The Morgan fingerprint density at radius 2 is 2.12 bits per heavy atom. The van der Waals surface area contributed by atoms with E-state index in [1.54, 1.807) is 24.3 Å². The number of carbonyl (C=O) groups is 2. The number of amides is 2. The van der Waals surface area contributed by atoms with E-state index in [-0.39, 0.29) is 11.8 Å². The number of methoxy groups -OCH3 is 2. The topological polar surface area (TPSA) is 72.0 Å². The summed E-state index contributed by atoms with van der Waals surface area (Å²) < 4.78 is 10.3. The first-order valence-electron chi connectivity index (χ1n) is 8.17. The van der Waals surface area contributed by atoms with Crippen molar-refractivity contribution in [2.75, 3.05) is 47.0 Å². The quantitative estimate of drug-likeness (QED) is 0.797. The number of ether oxygens (including phenoxy) is 2. The number of rotatable bonds is 5. The van der Waals surface area contributed by atoms with E-state index in [1.165, 1.54) is 13.3 Å². The second-order valence-electron chi connectivity index (χ2n) is 6.37. The molecular weight excluding hydrogens is 310 g/mol. The third kappa shape index (κ3) is 2.84. The SMILES string of the molecule is COCCN1CCC2(CCN(C(=O)c3cnccc3OC)C2)C1=O. The average molecular weight is 333 g/mol. The number of hydrogen-bond donors (Lipinski definition) is 0. The number of nitrogens with zero attached hydrogens (tertiary/aromatic N) is 3. The van der Waals surface area contributed by atoms with Gasteiger partial charge in [-0.2, -0.15) is 0 Å². The van der Waals surface area contributed by atoms with Crippen molar-refractivity contribution in [2.45, 2.75) is 12.8 Å². The lowest BCUT2D eigenvalue weighted by Gasteiger charge is -2.24. The molecule has 0 radical (unpaired) electrons. The molecule has 1 spiro atoms. The summed E-state index contributed by atoms with van der Waals surface area (Å²) in [5.74, 6) is 0.531. The number of hydrogen-bond acceptors (Lipinski definition) is 5. The van der Waals surface area contributed by atoms with Gasteiger partial charge in [0.1, 0.15) is 5.75 Å². The van der Waals surface area contributed by atoms with Gasteiger partial charge in [-0.15, -0.1) is 0 Å². The molecule has 3 heterocycles. The molecule has 3 rings (SSSR count). The largest absolute Gasteiger partial charge is 0.496 e. The van der Waals surface area contributed by atoms with Crippen molar-refractivity contribution in [3.8, 4) is 5.75 Å². The average Bonchev–Trinajstić information content (AvgIpc) is 3.18. The molecule has 0 bridgehead atoms. The van der Waals surface area contributed by atoms with Crippen molar-refractivity contribution >= 4 is 11.8 Å². The second-order valence-corrected chi connectivity index (χ2v) is 6.37. The Bertz CT molecular complexity index is 636. The van der Waals surface area contributed by atoms with Gasteiger partial charge in [0.2, 0.25) is 5.91 Å². The Morgan fingerprint density at radius 1 is 1.33 bits per heavy atom. The first-order chi connectivity index (χ1) is 11.6. The minimum Gasteiger partial charge on any atom is -0.496 e. The van der Waals surface area contributed by atoms with Gasteiger partial charge < -0.3 is 19.3 Å². The fourth-order valence-corrected chi connectivity index (χ4v) is 3.62. The molecule has 1 unspecified atom stereocenters. The highest BCUT2D eigenvalue weighted by Gasteiger charge is 2.51. The van der Waals surface area contributed by atoms with E-state index in [9.17, 15) is 9.59 Å². The van der Waals surface area contributed by atoms with Crippen LogP contribution in [0.2, 0.25) is 0 Å². The molecule has 0 aliphatic carbocycles. The Balaban J connectivity index is 1.71. The number of pyridine rings is 1. The zero-order valence-corrected chi connectivity index (χ0v) is 14.2. The van der Waals surface area contributed by atoms with E-state index in [1.807, 2.05) is 4.90 Å². The van der Waals surface area contributed by atoms with Crippen LogP contribution in [0.5, 0.6) is 5.75 Å². The summed E-state index contributed by atoms with van der Waals surface area (Å²) in [6, 6.07) is 1.67. The van der Waals surface area contributed by atoms with Gasteiger partial charge in [0.25, 0.3) is 5.91 Å². The molecule has 7 nitrogen and oxygen atoms in total. The first-order valence-corrected chi connectivity index (χ1v) is 8.17. The maximum absolute atomic E-state index is 12.8. The lowest BCUT2D eigenvalue weighted by atomic mass is 9.85. The van der Waals surface area contributed by atoms with Crippen LogP contribution in [-0.2, 0) is 9.53 Å². The summed E-state index contributed by atoms with van der Waals surface area (Å²) >= 11 is 0. The maximum atomic E-state index is 12.8. The summed E-state index contributed by atoms with van der Waals surface area (Å²) in [5.41, 5.74) is 0.0116. The molecule has 1 aromatic heterocycles. The van der Waals surface area contributed by atoms with Crippen LogP contribution in [-0.4, -0.2) is 73.6 Å². The molecule has 2 aliphatic rings. The predicted molar refractivity (Wildman–Crippen MR) is 86.8 cm³/mol. The molecule has 24 heavy (non-hydrogen) atoms. The van der Waals surface area contributed by atoms with Gasteiger partial charge in [0, 0.05) is 45.7 Å². The van der Waals surface area contributed by atoms with Crippen molar-refractivity contribution in [3.63, 3.8) is 0 Å². The standard InChI is InChI=1S/C17H23N3O4/c1-23-10-9-19-7-4-17(16(19)22)5-8-20(12-17)15(21)13-11-18-6-3-14(13)24-2/h3,6,11H,4-5,7-10,12H2,1-2H3. The van der Waals surface area contributed by atoms with Crippen molar-refractivity contribution in [1.29, 1.82) is 0 Å². The third-order valence-corrected chi connectivity index (χ3v) is 5.04.